The van der Waals surface area contributed by atoms with Gasteiger partial charge in [0.05, 0.1) is 0 Å². The molecule has 1 rings (SSSR count). The van der Waals surface area contributed by atoms with Crippen LogP contribution in [0.4, 0.5) is 0 Å². The van der Waals surface area contributed by atoms with E-state index in [-0.39, 0.29) is 4.21 Å². The Kier molecular flexibility index (Phi) is 4.46. The number of nitrogens with one attached hydrogen (secondary N) is 1. The third-order valence-corrected chi connectivity index (χ3v) is 4.21. The van der Waals surface area contributed by atoms with Crippen molar-refractivity contribution < 1.29 is 8.42 Å². The van der Waals surface area contributed by atoms with Gasteiger partial charge in [-0.1, -0.05) is 6.08 Å². The summed E-state index contributed by atoms with van der Waals surface area (Å²) in [4.78, 5) is 0.898. The molecule has 3 N–H and O–H groups in total. The fraction of sp³-hybridized carbons (Fsp3) is 0.333. The quantitative estimate of drug-likeness (QED) is 0.762. The van der Waals surface area contributed by atoms with E-state index in [1.165, 1.54) is 17.4 Å². The summed E-state index contributed by atoms with van der Waals surface area (Å²) in [6, 6.07) is 3.28. The highest BCUT2D eigenvalue weighted by Gasteiger charge is 2.09. The molecule has 0 aliphatic heterocycles. The minimum absolute atomic E-state index is 0.204. The lowest BCUT2D eigenvalue weighted by molar-refractivity contribution is 0.600. The van der Waals surface area contributed by atoms with Gasteiger partial charge in [-0.05, 0) is 38.2 Å². The van der Waals surface area contributed by atoms with E-state index in [2.05, 4.69) is 5.32 Å². The Morgan fingerprint density at radius 2 is 2.27 bits per heavy atom. The van der Waals surface area contributed by atoms with Crippen LogP contribution in [0.1, 0.15) is 11.3 Å². The summed E-state index contributed by atoms with van der Waals surface area (Å²) < 4.78 is 22.2. The molecule has 0 aliphatic carbocycles. The molecular weight excluding hydrogens is 232 g/mol. The number of primary sulfonamides is 1. The van der Waals surface area contributed by atoms with Crippen LogP contribution in [0.15, 0.2) is 22.4 Å². The zero-order valence-corrected chi connectivity index (χ0v) is 10.1. The average Bonchev–Trinajstić information content (AvgIpc) is 2.60. The monoisotopic (exact) mass is 246 g/mol. The molecule has 0 atom stereocenters. The second kappa shape index (κ2) is 5.41. The summed E-state index contributed by atoms with van der Waals surface area (Å²) in [6.45, 7) is 0.907. The highest BCUT2D eigenvalue weighted by molar-refractivity contribution is 7.91. The Bertz CT molecular complexity index is 435. The Hall–Kier alpha value is -0.690. The SMILES string of the molecule is CNCCC=Cc1ccc(S(N)(=O)=O)s1. The van der Waals surface area contributed by atoms with E-state index in [0.717, 1.165) is 17.8 Å². The van der Waals surface area contributed by atoms with Crippen LogP contribution in [0, 0.1) is 0 Å². The number of hydrogen-bond donors (Lipinski definition) is 2. The maximum Gasteiger partial charge on any atom is 0.247 e. The molecule has 1 aromatic rings. The first-order valence-electron chi connectivity index (χ1n) is 4.48. The zero-order chi connectivity index (χ0) is 11.3. The molecule has 15 heavy (non-hydrogen) atoms. The molecule has 1 aromatic heterocycles. The van der Waals surface area contributed by atoms with Crippen LogP contribution in [0.2, 0.25) is 0 Å². The van der Waals surface area contributed by atoms with Crippen molar-refractivity contribution >= 4 is 27.4 Å². The first kappa shape index (κ1) is 12.4. The van der Waals surface area contributed by atoms with Gasteiger partial charge in [0.15, 0.2) is 0 Å². The van der Waals surface area contributed by atoms with Gasteiger partial charge in [-0.2, -0.15) is 0 Å². The lowest BCUT2D eigenvalue weighted by atomic mass is 10.3. The molecule has 0 aromatic carbocycles. The van der Waals surface area contributed by atoms with Gasteiger partial charge >= 0.3 is 0 Å². The first-order valence-corrected chi connectivity index (χ1v) is 6.84. The Morgan fingerprint density at radius 1 is 1.53 bits per heavy atom. The second-order valence-electron chi connectivity index (χ2n) is 3.00. The van der Waals surface area contributed by atoms with Crippen LogP contribution >= 0.6 is 11.3 Å². The van der Waals surface area contributed by atoms with E-state index >= 15 is 0 Å². The molecule has 4 nitrogen and oxygen atoms in total. The Labute approximate surface area is 93.9 Å². The molecular formula is C9H14N2O2S2. The minimum atomic E-state index is -3.54. The highest BCUT2D eigenvalue weighted by atomic mass is 32.2. The van der Waals surface area contributed by atoms with E-state index < -0.39 is 10.0 Å². The van der Waals surface area contributed by atoms with Gasteiger partial charge in [0.2, 0.25) is 10.0 Å². The van der Waals surface area contributed by atoms with Crippen LogP contribution in [-0.2, 0) is 10.0 Å². The van der Waals surface area contributed by atoms with E-state index in [1.54, 1.807) is 6.07 Å². The number of nitrogens with two attached hydrogens (primary N) is 1. The highest BCUT2D eigenvalue weighted by Crippen LogP contribution is 2.21. The molecule has 0 fully saturated rings. The molecule has 0 unspecified atom stereocenters. The van der Waals surface area contributed by atoms with Gasteiger partial charge in [0.1, 0.15) is 4.21 Å². The summed E-state index contributed by atoms with van der Waals surface area (Å²) in [6.07, 6.45) is 4.81. The summed E-state index contributed by atoms with van der Waals surface area (Å²) in [5, 5.41) is 8.01. The van der Waals surface area contributed by atoms with Crippen LogP contribution in [0.25, 0.3) is 6.08 Å². The van der Waals surface area contributed by atoms with Gasteiger partial charge < -0.3 is 5.32 Å². The summed E-state index contributed by atoms with van der Waals surface area (Å²) in [7, 11) is -1.66. The average molecular weight is 246 g/mol. The van der Waals surface area contributed by atoms with Gasteiger partial charge in [0, 0.05) is 4.88 Å². The van der Waals surface area contributed by atoms with Crippen molar-refractivity contribution in [2.45, 2.75) is 10.6 Å². The zero-order valence-electron chi connectivity index (χ0n) is 8.43. The summed E-state index contributed by atoms with van der Waals surface area (Å²) in [5.74, 6) is 0. The van der Waals surface area contributed by atoms with E-state index in [9.17, 15) is 8.42 Å². The summed E-state index contributed by atoms with van der Waals surface area (Å²) in [5.41, 5.74) is 0. The molecule has 0 aliphatic rings. The number of thiophene rings is 1. The molecule has 6 heteroatoms. The standard InChI is InChI=1S/C9H14N2O2S2/c1-11-7-3-2-4-8-5-6-9(14-8)15(10,12)13/h2,4-6,11H,3,7H2,1H3,(H2,10,12,13). The van der Waals surface area contributed by atoms with Crippen LogP contribution in [-0.4, -0.2) is 22.0 Å². The molecule has 0 amide bonds. The molecule has 0 bridgehead atoms. The van der Waals surface area contributed by atoms with Gasteiger partial charge in [0.25, 0.3) is 0 Å². The third kappa shape index (κ3) is 4.13. The Morgan fingerprint density at radius 3 is 2.80 bits per heavy atom. The molecule has 1 heterocycles. The predicted molar refractivity (Wildman–Crippen MR) is 63.3 cm³/mol. The maximum atomic E-state index is 11.0. The lowest BCUT2D eigenvalue weighted by Gasteiger charge is -1.90. The van der Waals surface area contributed by atoms with Gasteiger partial charge in [-0.3, -0.25) is 0 Å². The van der Waals surface area contributed by atoms with E-state index in [1.807, 2.05) is 19.2 Å². The minimum Gasteiger partial charge on any atom is -0.319 e. The number of rotatable bonds is 5. The van der Waals surface area contributed by atoms with Crippen LogP contribution < -0.4 is 10.5 Å². The van der Waals surface area contributed by atoms with E-state index in [4.69, 9.17) is 5.14 Å². The molecule has 0 radical (unpaired) electrons. The molecule has 84 valence electrons. The maximum absolute atomic E-state index is 11.0. The normalized spacial score (nSPS) is 12.4. The van der Waals surface area contributed by atoms with Gasteiger partial charge in [-0.15, -0.1) is 11.3 Å². The first-order chi connectivity index (χ1) is 7.04. The smallest absolute Gasteiger partial charge is 0.247 e. The van der Waals surface area contributed by atoms with Crippen molar-refractivity contribution in [1.82, 2.24) is 5.32 Å². The fourth-order valence-corrected chi connectivity index (χ4v) is 2.68. The number of hydrogen-bond acceptors (Lipinski definition) is 4. The largest absolute Gasteiger partial charge is 0.319 e. The predicted octanol–water partition coefficient (Wildman–Crippen LogP) is 1.02. The van der Waals surface area contributed by atoms with Crippen LogP contribution in [0.3, 0.4) is 0 Å². The van der Waals surface area contributed by atoms with Crippen molar-refractivity contribution in [2.24, 2.45) is 5.14 Å². The summed E-state index contributed by atoms with van der Waals surface area (Å²) >= 11 is 1.18. The fourth-order valence-electron chi connectivity index (χ4n) is 1.00. The molecule has 0 saturated heterocycles. The van der Waals surface area contributed by atoms with Crippen molar-refractivity contribution in [3.05, 3.63) is 23.1 Å². The van der Waals surface area contributed by atoms with Crippen molar-refractivity contribution in [3.8, 4) is 0 Å². The van der Waals surface area contributed by atoms with Crippen LogP contribution in [0.5, 0.6) is 0 Å². The van der Waals surface area contributed by atoms with E-state index in [0.29, 0.717) is 0 Å². The number of sulfonamides is 1. The molecule has 0 spiro atoms. The van der Waals surface area contributed by atoms with Crippen molar-refractivity contribution in [2.75, 3.05) is 13.6 Å². The lowest BCUT2D eigenvalue weighted by Crippen LogP contribution is -2.09. The third-order valence-electron chi connectivity index (χ3n) is 1.73. The van der Waals surface area contributed by atoms with Crippen molar-refractivity contribution in [3.63, 3.8) is 0 Å². The van der Waals surface area contributed by atoms with Crippen molar-refractivity contribution in [1.29, 1.82) is 0 Å². The second-order valence-corrected chi connectivity index (χ2v) is 5.90. The van der Waals surface area contributed by atoms with Gasteiger partial charge in [-0.25, -0.2) is 13.6 Å². The molecule has 0 saturated carbocycles. The Balaban J connectivity index is 2.65. The topological polar surface area (TPSA) is 72.2 Å².